The molecule has 1 spiro atoms. The summed E-state index contributed by atoms with van der Waals surface area (Å²) in [4.78, 5) is 14.9. The van der Waals surface area contributed by atoms with Gasteiger partial charge < -0.3 is 4.90 Å². The Morgan fingerprint density at radius 2 is 1.80 bits per heavy atom. The Hall–Kier alpha value is -0.980. The number of halogens is 5. The van der Waals surface area contributed by atoms with Crippen molar-refractivity contribution in [3.63, 3.8) is 0 Å². The Balaban J connectivity index is 1.68. The highest BCUT2D eigenvalue weighted by Crippen LogP contribution is 2.42. The molecular formula is C17H19Cl2F3N2O. The summed E-state index contributed by atoms with van der Waals surface area (Å²) in [6.45, 7) is 2.94. The van der Waals surface area contributed by atoms with Crippen LogP contribution < -0.4 is 0 Å². The van der Waals surface area contributed by atoms with Crippen molar-refractivity contribution < 1.29 is 18.0 Å². The molecule has 3 nitrogen and oxygen atoms in total. The van der Waals surface area contributed by atoms with Crippen molar-refractivity contribution >= 4 is 28.6 Å². The minimum absolute atomic E-state index is 0.0693. The van der Waals surface area contributed by atoms with Crippen molar-refractivity contribution in [2.24, 2.45) is 5.41 Å². The van der Waals surface area contributed by atoms with Crippen molar-refractivity contribution in [3.8, 4) is 0 Å². The minimum atomic E-state index is -4.39. The Labute approximate surface area is 154 Å². The number of rotatable bonds is 2. The van der Waals surface area contributed by atoms with Gasteiger partial charge in [0.2, 0.25) is 0 Å². The molecule has 1 amide bonds. The summed E-state index contributed by atoms with van der Waals surface area (Å²) in [5, 5.41) is -0.121. The summed E-state index contributed by atoms with van der Waals surface area (Å²) < 4.78 is 39.6. The molecule has 8 heteroatoms. The van der Waals surface area contributed by atoms with Gasteiger partial charge in [-0.2, -0.15) is 13.2 Å². The maximum absolute atomic E-state index is 13.2. The molecule has 25 heavy (non-hydrogen) atoms. The molecule has 0 saturated carbocycles. The van der Waals surface area contributed by atoms with Crippen LogP contribution in [0.15, 0.2) is 18.2 Å². The summed E-state index contributed by atoms with van der Waals surface area (Å²) in [7, 11) is 0. The number of likely N-dealkylation sites (tertiary alicyclic amines) is 2. The van der Waals surface area contributed by atoms with Gasteiger partial charge in [0, 0.05) is 31.2 Å². The topological polar surface area (TPSA) is 23.6 Å². The lowest BCUT2D eigenvalue weighted by Crippen LogP contribution is -2.42. The van der Waals surface area contributed by atoms with Gasteiger partial charge in [-0.25, -0.2) is 0 Å². The van der Waals surface area contributed by atoms with E-state index in [2.05, 4.69) is 4.90 Å². The first kappa shape index (κ1) is 18.8. The zero-order valence-electron chi connectivity index (χ0n) is 13.6. The lowest BCUT2D eigenvalue weighted by atomic mass is 9.78. The second-order valence-corrected chi connectivity index (χ2v) is 7.76. The van der Waals surface area contributed by atoms with Gasteiger partial charge in [-0.05, 0) is 66.6 Å². The molecular weight excluding hydrogens is 376 g/mol. The van der Waals surface area contributed by atoms with E-state index in [1.54, 1.807) is 4.90 Å². The number of benzene rings is 1. The zero-order chi connectivity index (χ0) is 18.2. The van der Waals surface area contributed by atoms with E-state index in [0.29, 0.717) is 18.1 Å². The number of carbonyl (C=O) groups is 1. The summed E-state index contributed by atoms with van der Waals surface area (Å²) in [5.74, 6) is 0. The van der Waals surface area contributed by atoms with Crippen LogP contribution in [0.4, 0.5) is 18.0 Å². The third-order valence-corrected chi connectivity index (χ3v) is 5.83. The van der Waals surface area contributed by atoms with E-state index in [-0.39, 0.29) is 17.5 Å². The zero-order valence-corrected chi connectivity index (χ0v) is 15.1. The van der Waals surface area contributed by atoms with E-state index >= 15 is 0 Å². The first-order valence-corrected chi connectivity index (χ1v) is 8.97. The molecule has 138 valence electrons. The molecule has 0 aliphatic carbocycles. The maximum Gasteiger partial charge on any atom is 0.416 e. The van der Waals surface area contributed by atoms with Crippen LogP contribution in [0, 0.1) is 5.41 Å². The first-order chi connectivity index (χ1) is 11.7. The standard InChI is InChI=1S/C17H19Cl2F3N2O/c18-13-1-2-14(17(20,21)22)12(9-13)10-23-6-3-16(11-23)4-7-24(8-5-16)15(19)25/h1-2,9H,3-8,10-11H2. The molecule has 2 aliphatic rings. The Morgan fingerprint density at radius 1 is 1.16 bits per heavy atom. The van der Waals surface area contributed by atoms with Gasteiger partial charge in [0.25, 0.3) is 0 Å². The van der Waals surface area contributed by atoms with Crippen LogP contribution in [0.25, 0.3) is 0 Å². The molecule has 0 unspecified atom stereocenters. The van der Waals surface area contributed by atoms with E-state index in [9.17, 15) is 18.0 Å². The predicted molar refractivity (Wildman–Crippen MR) is 90.8 cm³/mol. The number of alkyl halides is 3. The molecule has 0 bridgehead atoms. The number of amides is 1. The number of carbonyl (C=O) groups excluding carboxylic acids is 1. The van der Waals surface area contributed by atoms with Gasteiger partial charge in [-0.3, -0.25) is 9.69 Å². The summed E-state index contributed by atoms with van der Waals surface area (Å²) in [5.41, 5.74) is -0.342. The largest absolute Gasteiger partial charge is 0.416 e. The predicted octanol–water partition coefficient (Wildman–Crippen LogP) is 5.01. The van der Waals surface area contributed by atoms with Crippen molar-refractivity contribution in [3.05, 3.63) is 34.3 Å². The summed E-state index contributed by atoms with van der Waals surface area (Å²) in [6.07, 6.45) is -1.78. The van der Waals surface area contributed by atoms with Crippen LogP contribution >= 0.6 is 23.2 Å². The molecule has 1 aromatic carbocycles. The lowest BCUT2D eigenvalue weighted by Gasteiger charge is -2.38. The Kier molecular flexibility index (Phi) is 5.24. The van der Waals surface area contributed by atoms with E-state index in [4.69, 9.17) is 23.2 Å². The van der Waals surface area contributed by atoms with Gasteiger partial charge in [-0.1, -0.05) is 11.6 Å². The van der Waals surface area contributed by atoms with Gasteiger partial charge >= 0.3 is 11.5 Å². The van der Waals surface area contributed by atoms with Gasteiger partial charge in [0.1, 0.15) is 0 Å². The molecule has 1 aromatic rings. The van der Waals surface area contributed by atoms with Crippen LogP contribution in [0.1, 0.15) is 30.4 Å². The van der Waals surface area contributed by atoms with Crippen LogP contribution in [-0.2, 0) is 12.7 Å². The average molecular weight is 395 g/mol. The monoisotopic (exact) mass is 394 g/mol. The first-order valence-electron chi connectivity index (χ1n) is 8.21. The van der Waals surface area contributed by atoms with E-state index in [1.165, 1.54) is 12.1 Å². The van der Waals surface area contributed by atoms with Crippen LogP contribution in [0.3, 0.4) is 0 Å². The second-order valence-electron chi connectivity index (χ2n) is 7.00. The smallest absolute Gasteiger partial charge is 0.329 e. The van der Waals surface area contributed by atoms with Crippen molar-refractivity contribution in [1.29, 1.82) is 0 Å². The van der Waals surface area contributed by atoms with E-state index in [0.717, 1.165) is 38.4 Å². The molecule has 0 atom stereocenters. The molecule has 3 rings (SSSR count). The Morgan fingerprint density at radius 3 is 2.40 bits per heavy atom. The quantitative estimate of drug-likeness (QED) is 0.520. The molecule has 0 aromatic heterocycles. The van der Waals surface area contributed by atoms with Crippen LogP contribution in [-0.4, -0.2) is 41.3 Å². The Bertz CT molecular complexity index is 658. The number of nitrogens with zero attached hydrogens (tertiary/aromatic N) is 2. The SMILES string of the molecule is O=C(Cl)N1CCC2(CCN(Cc3cc(Cl)ccc3C(F)(F)F)C2)CC1. The molecule has 2 saturated heterocycles. The van der Waals surface area contributed by atoms with Crippen molar-refractivity contribution in [2.75, 3.05) is 26.2 Å². The normalized spacial score (nSPS) is 21.1. The lowest BCUT2D eigenvalue weighted by molar-refractivity contribution is -0.138. The molecule has 2 fully saturated rings. The van der Waals surface area contributed by atoms with Crippen molar-refractivity contribution in [1.82, 2.24) is 9.80 Å². The second kappa shape index (κ2) is 6.97. The highest BCUT2D eigenvalue weighted by Gasteiger charge is 2.42. The fourth-order valence-corrected chi connectivity index (χ4v) is 4.30. The molecule has 0 radical (unpaired) electrons. The molecule has 2 heterocycles. The summed E-state index contributed by atoms with van der Waals surface area (Å²) >= 11 is 11.4. The number of piperidine rings is 1. The van der Waals surface area contributed by atoms with E-state index in [1.807, 2.05) is 0 Å². The third kappa shape index (κ3) is 4.23. The van der Waals surface area contributed by atoms with Crippen molar-refractivity contribution in [2.45, 2.75) is 32.0 Å². The fourth-order valence-electron chi connectivity index (χ4n) is 3.94. The van der Waals surface area contributed by atoms with Crippen LogP contribution in [0.5, 0.6) is 0 Å². The highest BCUT2D eigenvalue weighted by atomic mass is 35.5. The fraction of sp³-hybridized carbons (Fsp3) is 0.588. The molecule has 2 aliphatic heterocycles. The van der Waals surface area contributed by atoms with Gasteiger partial charge in [-0.15, -0.1) is 0 Å². The van der Waals surface area contributed by atoms with E-state index < -0.39 is 17.1 Å². The number of hydrogen-bond donors (Lipinski definition) is 0. The average Bonchev–Trinajstić information content (AvgIpc) is 2.89. The third-order valence-electron chi connectivity index (χ3n) is 5.36. The maximum atomic E-state index is 13.2. The highest BCUT2D eigenvalue weighted by molar-refractivity contribution is 6.62. The summed E-state index contributed by atoms with van der Waals surface area (Å²) in [6, 6.07) is 3.73. The van der Waals surface area contributed by atoms with Gasteiger partial charge in [0.15, 0.2) is 0 Å². The van der Waals surface area contributed by atoms with Crippen LogP contribution in [0.2, 0.25) is 5.02 Å². The van der Waals surface area contributed by atoms with Gasteiger partial charge in [0.05, 0.1) is 5.56 Å². The molecule has 0 N–H and O–H groups in total. The number of hydrogen-bond acceptors (Lipinski definition) is 2. The minimum Gasteiger partial charge on any atom is -0.329 e.